The van der Waals surface area contributed by atoms with Crippen LogP contribution in [0.25, 0.3) is 0 Å². The van der Waals surface area contributed by atoms with Gasteiger partial charge in [-0.3, -0.25) is 9.59 Å². The Morgan fingerprint density at radius 3 is 2.30 bits per heavy atom. The lowest BCUT2D eigenvalue weighted by Crippen LogP contribution is -2.56. The first-order chi connectivity index (χ1) is 14.2. The highest BCUT2D eigenvalue weighted by Gasteiger charge is 2.48. The first-order valence-electron chi connectivity index (χ1n) is 9.77. The fourth-order valence-corrected chi connectivity index (χ4v) is 5.43. The number of nitrogens with zero attached hydrogens (tertiary/aromatic N) is 2. The van der Waals surface area contributed by atoms with Gasteiger partial charge >= 0.3 is 0 Å². The summed E-state index contributed by atoms with van der Waals surface area (Å²) in [6, 6.07) is 15.0. The van der Waals surface area contributed by atoms with E-state index < -0.39 is 21.5 Å². The van der Waals surface area contributed by atoms with Crippen molar-refractivity contribution in [1.29, 1.82) is 0 Å². The Kier molecular flexibility index (Phi) is 6.65. The average Bonchev–Trinajstić information content (AvgIpc) is 2.74. The third-order valence-corrected chi connectivity index (χ3v) is 7.88. The van der Waals surface area contributed by atoms with Gasteiger partial charge in [-0.1, -0.05) is 48.0 Å². The van der Waals surface area contributed by atoms with Crippen LogP contribution in [-0.2, 0) is 25.2 Å². The predicted octanol–water partition coefficient (Wildman–Crippen LogP) is 3.46. The maximum absolute atomic E-state index is 13.2. The predicted molar refractivity (Wildman–Crippen MR) is 116 cm³/mol. The van der Waals surface area contributed by atoms with Crippen LogP contribution in [-0.4, -0.2) is 50.0 Å². The number of amides is 1. The van der Waals surface area contributed by atoms with Crippen LogP contribution in [0.2, 0.25) is 5.02 Å². The van der Waals surface area contributed by atoms with E-state index >= 15 is 0 Å². The molecule has 1 saturated carbocycles. The second kappa shape index (κ2) is 8.88. The van der Waals surface area contributed by atoms with Crippen molar-refractivity contribution in [3.05, 3.63) is 65.2 Å². The summed E-state index contributed by atoms with van der Waals surface area (Å²) in [4.78, 5) is 27.8. The van der Waals surface area contributed by atoms with Gasteiger partial charge in [0.1, 0.15) is 5.54 Å². The highest BCUT2D eigenvalue weighted by Crippen LogP contribution is 2.42. The Morgan fingerprint density at radius 2 is 1.67 bits per heavy atom. The molecule has 1 atom stereocenters. The Balaban J connectivity index is 1.92. The molecule has 160 valence electrons. The molecule has 6 nitrogen and oxygen atoms in total. The SMILES string of the molecule is CN(C(=O)CN(C)S(=O)(=O)c1ccccc1)C1(c2ccccc2Cl)CCCCC1=O. The molecular weight excluding hydrogens is 424 g/mol. The van der Waals surface area contributed by atoms with Crippen LogP contribution in [0.3, 0.4) is 0 Å². The molecule has 0 radical (unpaired) electrons. The van der Waals surface area contributed by atoms with Crippen LogP contribution >= 0.6 is 11.6 Å². The normalized spacial score (nSPS) is 19.7. The number of halogens is 1. The van der Waals surface area contributed by atoms with Crippen molar-refractivity contribution >= 4 is 33.3 Å². The number of likely N-dealkylation sites (N-methyl/N-ethyl adjacent to an activating group) is 2. The lowest BCUT2D eigenvalue weighted by atomic mass is 9.74. The molecule has 1 unspecified atom stereocenters. The molecule has 8 heteroatoms. The first kappa shape index (κ1) is 22.5. The summed E-state index contributed by atoms with van der Waals surface area (Å²) in [5.74, 6) is -0.543. The third kappa shape index (κ3) is 4.02. The molecular formula is C22H25ClN2O4S. The number of hydrogen-bond donors (Lipinski definition) is 0. The van der Waals surface area contributed by atoms with E-state index in [1.54, 1.807) is 49.5 Å². The van der Waals surface area contributed by atoms with Crippen LogP contribution < -0.4 is 0 Å². The molecule has 0 aromatic heterocycles. The molecule has 0 heterocycles. The maximum atomic E-state index is 13.2. The zero-order chi connectivity index (χ0) is 21.9. The van der Waals surface area contributed by atoms with Gasteiger partial charge in [-0.15, -0.1) is 0 Å². The lowest BCUT2D eigenvalue weighted by molar-refractivity contribution is -0.148. The minimum absolute atomic E-state index is 0.0775. The van der Waals surface area contributed by atoms with Gasteiger partial charge < -0.3 is 4.90 Å². The van der Waals surface area contributed by atoms with Gasteiger partial charge in [0, 0.05) is 31.1 Å². The van der Waals surface area contributed by atoms with Crippen molar-refractivity contribution in [2.45, 2.75) is 36.1 Å². The summed E-state index contributed by atoms with van der Waals surface area (Å²) in [6.07, 6.45) is 2.33. The van der Waals surface area contributed by atoms with Gasteiger partial charge in [-0.25, -0.2) is 8.42 Å². The number of sulfonamides is 1. The van der Waals surface area contributed by atoms with E-state index in [1.807, 2.05) is 0 Å². The summed E-state index contributed by atoms with van der Waals surface area (Å²) in [6.45, 7) is -0.382. The molecule has 1 fully saturated rings. The summed E-state index contributed by atoms with van der Waals surface area (Å²) < 4.78 is 26.6. The molecule has 0 bridgehead atoms. The van der Waals surface area contributed by atoms with Gasteiger partial charge in [0.15, 0.2) is 5.78 Å². The van der Waals surface area contributed by atoms with Crippen LogP contribution in [0.4, 0.5) is 0 Å². The quantitative estimate of drug-likeness (QED) is 0.678. The lowest BCUT2D eigenvalue weighted by Gasteiger charge is -2.44. The van der Waals surface area contributed by atoms with E-state index in [0.717, 1.165) is 17.1 Å². The van der Waals surface area contributed by atoms with E-state index in [2.05, 4.69) is 0 Å². The van der Waals surface area contributed by atoms with Gasteiger partial charge in [0.2, 0.25) is 15.9 Å². The Labute approximate surface area is 182 Å². The van der Waals surface area contributed by atoms with Crippen molar-refractivity contribution in [1.82, 2.24) is 9.21 Å². The number of benzene rings is 2. The molecule has 0 saturated heterocycles. The second-order valence-corrected chi connectivity index (χ2v) is 9.95. The molecule has 1 aliphatic carbocycles. The standard InChI is InChI=1S/C22H25ClN2O4S/c1-24(30(28,29)17-10-4-3-5-11-17)16-21(27)25(2)22(15-9-8-14-20(22)26)18-12-6-7-13-19(18)23/h3-7,10-13H,8-9,14-16H2,1-2H3. The summed E-state index contributed by atoms with van der Waals surface area (Å²) in [5, 5.41) is 0.415. The van der Waals surface area contributed by atoms with Crippen molar-refractivity contribution in [2.24, 2.45) is 0 Å². The van der Waals surface area contributed by atoms with E-state index in [-0.39, 0.29) is 17.2 Å². The Bertz CT molecular complexity index is 1040. The molecule has 1 aliphatic rings. The second-order valence-electron chi connectivity index (χ2n) is 7.50. The molecule has 2 aromatic carbocycles. The highest BCUT2D eigenvalue weighted by atomic mass is 35.5. The minimum Gasteiger partial charge on any atom is -0.328 e. The van der Waals surface area contributed by atoms with E-state index in [4.69, 9.17) is 11.6 Å². The summed E-state index contributed by atoms with van der Waals surface area (Å²) in [5.41, 5.74) is -0.605. The maximum Gasteiger partial charge on any atom is 0.243 e. The molecule has 1 amide bonds. The number of ketones is 1. The molecule has 2 aromatic rings. The fraction of sp³-hybridized carbons (Fsp3) is 0.364. The summed E-state index contributed by atoms with van der Waals surface area (Å²) >= 11 is 6.42. The number of rotatable bonds is 6. The minimum atomic E-state index is -3.83. The van der Waals surface area contributed by atoms with Crippen molar-refractivity contribution in [2.75, 3.05) is 20.6 Å². The third-order valence-electron chi connectivity index (χ3n) is 5.73. The molecule has 30 heavy (non-hydrogen) atoms. The largest absolute Gasteiger partial charge is 0.328 e. The first-order valence-corrected chi connectivity index (χ1v) is 11.6. The number of carbonyl (C=O) groups excluding carboxylic acids is 2. The van der Waals surface area contributed by atoms with Gasteiger partial charge in [0.05, 0.1) is 11.4 Å². The molecule has 0 N–H and O–H groups in total. The van der Waals surface area contributed by atoms with Crippen LogP contribution in [0.1, 0.15) is 31.2 Å². The van der Waals surface area contributed by atoms with Gasteiger partial charge in [-0.2, -0.15) is 4.31 Å². The number of Topliss-reactive ketones (excluding diaryl/α,β-unsaturated/α-hetero) is 1. The van der Waals surface area contributed by atoms with Gasteiger partial charge in [-0.05, 0) is 37.5 Å². The fourth-order valence-electron chi connectivity index (χ4n) is 4.00. The van der Waals surface area contributed by atoms with E-state index in [1.165, 1.54) is 24.1 Å². The van der Waals surface area contributed by atoms with Gasteiger partial charge in [0.25, 0.3) is 0 Å². The topological polar surface area (TPSA) is 74.8 Å². The monoisotopic (exact) mass is 448 g/mol. The number of carbonyl (C=O) groups is 2. The molecule has 0 spiro atoms. The Morgan fingerprint density at radius 1 is 1.03 bits per heavy atom. The van der Waals surface area contributed by atoms with E-state index in [9.17, 15) is 18.0 Å². The molecule has 0 aliphatic heterocycles. The summed E-state index contributed by atoms with van der Waals surface area (Å²) in [7, 11) is -0.916. The van der Waals surface area contributed by atoms with Crippen molar-refractivity contribution < 1.29 is 18.0 Å². The average molecular weight is 449 g/mol. The van der Waals surface area contributed by atoms with E-state index in [0.29, 0.717) is 23.4 Å². The van der Waals surface area contributed by atoms with Crippen molar-refractivity contribution in [3.8, 4) is 0 Å². The van der Waals surface area contributed by atoms with Crippen LogP contribution in [0.15, 0.2) is 59.5 Å². The number of hydrogen-bond acceptors (Lipinski definition) is 4. The zero-order valence-corrected chi connectivity index (χ0v) is 18.6. The Hall–Kier alpha value is -2.22. The zero-order valence-electron chi connectivity index (χ0n) is 17.0. The van der Waals surface area contributed by atoms with Crippen LogP contribution in [0.5, 0.6) is 0 Å². The smallest absolute Gasteiger partial charge is 0.243 e. The van der Waals surface area contributed by atoms with Crippen molar-refractivity contribution in [3.63, 3.8) is 0 Å². The van der Waals surface area contributed by atoms with Crippen LogP contribution in [0, 0.1) is 0 Å². The molecule has 3 rings (SSSR count). The highest BCUT2D eigenvalue weighted by molar-refractivity contribution is 7.89.